The summed E-state index contributed by atoms with van der Waals surface area (Å²) in [5.41, 5.74) is 5.59. The Hall–Kier alpha value is 0.0700. The molecule has 0 aromatic rings. The summed E-state index contributed by atoms with van der Waals surface area (Å²) in [6.07, 6.45) is 2.68. The molecule has 3 nitrogen and oxygen atoms in total. The van der Waals surface area contributed by atoms with Crippen LogP contribution in [0.1, 0.15) is 6.42 Å². The molecule has 2 atom stereocenters. The van der Waals surface area contributed by atoms with Gasteiger partial charge in [0.1, 0.15) is 0 Å². The summed E-state index contributed by atoms with van der Waals surface area (Å²) < 4.78 is 12.7. The second-order valence-corrected chi connectivity index (χ2v) is 3.72. The van der Waals surface area contributed by atoms with Crippen molar-refractivity contribution < 1.29 is 4.21 Å². The fraction of sp³-hybridized carbons (Fsp3) is 1.00. The van der Waals surface area contributed by atoms with Gasteiger partial charge in [0.2, 0.25) is 0 Å². The van der Waals surface area contributed by atoms with E-state index in [2.05, 4.69) is 0 Å². The average Bonchev–Trinajstić information content (AvgIpc) is 2.14. The van der Waals surface area contributed by atoms with Crippen LogP contribution in [0.15, 0.2) is 0 Å². The molecule has 1 fully saturated rings. The first kappa shape index (κ1) is 7.18. The molecule has 0 amide bonds. The molecular weight excluding hydrogens is 136 g/mol. The van der Waals surface area contributed by atoms with E-state index in [0.717, 1.165) is 19.5 Å². The van der Waals surface area contributed by atoms with Crippen molar-refractivity contribution in [2.75, 3.05) is 19.3 Å². The molecule has 9 heavy (non-hydrogen) atoms. The average molecular weight is 148 g/mol. The van der Waals surface area contributed by atoms with Gasteiger partial charge in [0.15, 0.2) is 0 Å². The third-order valence-electron chi connectivity index (χ3n) is 1.55. The number of rotatable bonds is 1. The highest BCUT2D eigenvalue weighted by Gasteiger charge is 2.20. The van der Waals surface area contributed by atoms with E-state index in [4.69, 9.17) is 5.73 Å². The summed E-state index contributed by atoms with van der Waals surface area (Å²) in [5.74, 6) is 0. The molecule has 0 spiro atoms. The van der Waals surface area contributed by atoms with Gasteiger partial charge in [0.25, 0.3) is 0 Å². The van der Waals surface area contributed by atoms with Crippen molar-refractivity contribution in [3.05, 3.63) is 0 Å². The van der Waals surface area contributed by atoms with Gasteiger partial charge in [0, 0.05) is 25.4 Å². The van der Waals surface area contributed by atoms with Gasteiger partial charge in [-0.1, -0.05) is 0 Å². The summed E-state index contributed by atoms with van der Waals surface area (Å²) in [6, 6.07) is 0.244. The fourth-order valence-corrected chi connectivity index (χ4v) is 1.75. The minimum absolute atomic E-state index is 0.244. The number of hydrogen-bond donors (Lipinski definition) is 1. The van der Waals surface area contributed by atoms with Crippen molar-refractivity contribution in [1.29, 1.82) is 0 Å². The molecule has 2 N–H and O–H groups in total. The van der Waals surface area contributed by atoms with Gasteiger partial charge in [0.05, 0.1) is 11.0 Å². The van der Waals surface area contributed by atoms with Crippen LogP contribution < -0.4 is 5.73 Å². The van der Waals surface area contributed by atoms with Crippen molar-refractivity contribution in [2.45, 2.75) is 12.5 Å². The lowest BCUT2D eigenvalue weighted by molar-refractivity contribution is 0.531. The molecule has 1 aliphatic rings. The molecule has 0 radical (unpaired) electrons. The molecule has 4 heteroatoms. The highest BCUT2D eigenvalue weighted by atomic mass is 32.2. The molecule has 1 heterocycles. The van der Waals surface area contributed by atoms with Crippen molar-refractivity contribution in [3.63, 3.8) is 0 Å². The minimum atomic E-state index is -0.808. The fourth-order valence-electron chi connectivity index (χ4n) is 0.987. The zero-order valence-electron chi connectivity index (χ0n) is 5.54. The van der Waals surface area contributed by atoms with Crippen LogP contribution in [-0.4, -0.2) is 33.9 Å². The van der Waals surface area contributed by atoms with E-state index in [1.807, 2.05) is 4.31 Å². The first-order valence-corrected chi connectivity index (χ1v) is 4.55. The lowest BCUT2D eigenvalue weighted by Crippen LogP contribution is -2.27. The van der Waals surface area contributed by atoms with E-state index in [-0.39, 0.29) is 6.04 Å². The summed E-state index contributed by atoms with van der Waals surface area (Å²) in [7, 11) is -0.808. The number of nitrogens with zero attached hydrogens (tertiary/aromatic N) is 1. The molecule has 1 saturated heterocycles. The SMILES string of the molecule is CS(=O)N1CC[C@@H](N)C1. The maximum absolute atomic E-state index is 10.8. The molecule has 0 aromatic heterocycles. The zero-order chi connectivity index (χ0) is 6.85. The largest absolute Gasteiger partial charge is 0.326 e. The Balaban J connectivity index is 2.39. The smallest absolute Gasteiger partial charge is 0.0911 e. The molecule has 1 rings (SSSR count). The lowest BCUT2D eigenvalue weighted by Gasteiger charge is -2.08. The van der Waals surface area contributed by atoms with Crippen molar-refractivity contribution in [2.24, 2.45) is 5.73 Å². The van der Waals surface area contributed by atoms with Crippen molar-refractivity contribution >= 4 is 11.0 Å². The lowest BCUT2D eigenvalue weighted by atomic mass is 10.3. The van der Waals surface area contributed by atoms with Crippen molar-refractivity contribution in [3.8, 4) is 0 Å². The molecule has 0 aromatic carbocycles. The van der Waals surface area contributed by atoms with Crippen LogP contribution in [0.4, 0.5) is 0 Å². The zero-order valence-corrected chi connectivity index (χ0v) is 6.36. The van der Waals surface area contributed by atoms with Gasteiger partial charge < -0.3 is 5.73 Å². The molecule has 54 valence electrons. The van der Waals surface area contributed by atoms with Gasteiger partial charge in [-0.25, -0.2) is 8.51 Å². The third-order valence-corrected chi connectivity index (χ3v) is 2.61. The van der Waals surface area contributed by atoms with Gasteiger partial charge in [-0.05, 0) is 6.42 Å². The maximum Gasteiger partial charge on any atom is 0.0911 e. The molecule has 0 bridgehead atoms. The Bertz CT molecular complexity index is 128. The quantitative estimate of drug-likeness (QED) is 0.535. The van der Waals surface area contributed by atoms with E-state index in [1.165, 1.54) is 0 Å². The highest BCUT2D eigenvalue weighted by Crippen LogP contribution is 2.07. The van der Waals surface area contributed by atoms with Crippen LogP contribution in [0.2, 0.25) is 0 Å². The molecule has 0 aliphatic carbocycles. The molecule has 0 saturated carbocycles. The van der Waals surface area contributed by atoms with Crippen LogP contribution in [0.25, 0.3) is 0 Å². The predicted octanol–water partition coefficient (Wildman–Crippen LogP) is -0.687. The Morgan fingerprint density at radius 3 is 2.67 bits per heavy atom. The Morgan fingerprint density at radius 1 is 1.78 bits per heavy atom. The topological polar surface area (TPSA) is 46.3 Å². The van der Waals surface area contributed by atoms with E-state index < -0.39 is 11.0 Å². The monoisotopic (exact) mass is 148 g/mol. The van der Waals surface area contributed by atoms with Crippen LogP contribution in [0.5, 0.6) is 0 Å². The summed E-state index contributed by atoms with van der Waals surface area (Å²) in [5, 5.41) is 0. The number of hydrogen-bond acceptors (Lipinski definition) is 2. The first-order valence-electron chi connectivity index (χ1n) is 3.04. The Labute approximate surface area is 57.8 Å². The highest BCUT2D eigenvalue weighted by molar-refractivity contribution is 7.81. The van der Waals surface area contributed by atoms with E-state index >= 15 is 0 Å². The molecule has 1 aliphatic heterocycles. The Kier molecular flexibility index (Phi) is 2.21. The molecular formula is C5H12N2OS. The normalized spacial score (nSPS) is 32.9. The van der Waals surface area contributed by atoms with Gasteiger partial charge in [-0.3, -0.25) is 0 Å². The van der Waals surface area contributed by atoms with Gasteiger partial charge in [-0.2, -0.15) is 0 Å². The second kappa shape index (κ2) is 2.77. The predicted molar refractivity (Wildman–Crippen MR) is 38.2 cm³/mol. The van der Waals surface area contributed by atoms with Crippen LogP contribution in [0.3, 0.4) is 0 Å². The van der Waals surface area contributed by atoms with E-state index in [1.54, 1.807) is 6.26 Å². The van der Waals surface area contributed by atoms with Crippen molar-refractivity contribution in [1.82, 2.24) is 4.31 Å². The van der Waals surface area contributed by atoms with E-state index in [9.17, 15) is 4.21 Å². The second-order valence-electron chi connectivity index (χ2n) is 2.36. The maximum atomic E-state index is 10.8. The Morgan fingerprint density at radius 2 is 2.44 bits per heavy atom. The molecule has 1 unspecified atom stereocenters. The standard InChI is InChI=1S/C5H12N2OS/c1-9(8)7-3-2-5(6)4-7/h5H,2-4,6H2,1H3/t5-,9?/m1/s1. The minimum Gasteiger partial charge on any atom is -0.326 e. The number of nitrogens with two attached hydrogens (primary N) is 1. The summed E-state index contributed by atoms with van der Waals surface area (Å²) in [4.78, 5) is 0. The van der Waals surface area contributed by atoms with Crippen LogP contribution >= 0.6 is 0 Å². The van der Waals surface area contributed by atoms with Gasteiger partial charge in [-0.15, -0.1) is 0 Å². The first-order chi connectivity index (χ1) is 4.20. The van der Waals surface area contributed by atoms with Crippen LogP contribution in [0, 0.1) is 0 Å². The van der Waals surface area contributed by atoms with Crippen LogP contribution in [-0.2, 0) is 11.0 Å². The summed E-state index contributed by atoms with van der Waals surface area (Å²) >= 11 is 0. The third kappa shape index (κ3) is 1.74. The summed E-state index contributed by atoms with van der Waals surface area (Å²) in [6.45, 7) is 1.69. The van der Waals surface area contributed by atoms with Gasteiger partial charge >= 0.3 is 0 Å². The van der Waals surface area contributed by atoms with E-state index in [0.29, 0.717) is 0 Å².